The summed E-state index contributed by atoms with van der Waals surface area (Å²) in [5.74, 6) is 0.128. The molecule has 0 bridgehead atoms. The summed E-state index contributed by atoms with van der Waals surface area (Å²) in [6, 6.07) is 4.62. The normalized spacial score (nSPS) is 17.0. The third kappa shape index (κ3) is 7.43. The number of hydrogen-bond acceptors (Lipinski definition) is 7. The molecular weight excluding hydrogens is 409 g/mol. The average Bonchev–Trinajstić information content (AvgIpc) is 3.14. The van der Waals surface area contributed by atoms with Gasteiger partial charge in [-0.1, -0.05) is 6.07 Å². The molecule has 2 aromatic heterocycles. The fourth-order valence-electron chi connectivity index (χ4n) is 2.85. The van der Waals surface area contributed by atoms with Crippen LogP contribution in [-0.4, -0.2) is 45.1 Å². The minimum absolute atomic E-state index is 0. The minimum Gasteiger partial charge on any atom is -0.365 e. The van der Waals surface area contributed by atoms with E-state index in [1.54, 1.807) is 23.7 Å². The van der Waals surface area contributed by atoms with E-state index in [0.717, 1.165) is 38.3 Å². The number of likely N-dealkylation sites (tertiary alicyclic amines) is 1. The first kappa shape index (κ1) is 23.3. The van der Waals surface area contributed by atoms with Crippen LogP contribution < -0.4 is 10.8 Å². The summed E-state index contributed by atoms with van der Waals surface area (Å²) >= 11 is 1.80. The van der Waals surface area contributed by atoms with Gasteiger partial charge in [0.05, 0.1) is 18.1 Å². The van der Waals surface area contributed by atoms with Gasteiger partial charge < -0.3 is 5.32 Å². The molecule has 27 heavy (non-hydrogen) atoms. The summed E-state index contributed by atoms with van der Waals surface area (Å²) in [6.45, 7) is 3.11. The third-order valence-corrected chi connectivity index (χ3v) is 4.87. The van der Waals surface area contributed by atoms with Crippen molar-refractivity contribution in [2.24, 2.45) is 0 Å². The highest BCUT2D eigenvalue weighted by Crippen LogP contribution is 2.18. The van der Waals surface area contributed by atoms with Crippen molar-refractivity contribution >= 4 is 54.0 Å². The largest absolute Gasteiger partial charge is 0.365 e. The van der Waals surface area contributed by atoms with Crippen LogP contribution in [0.2, 0.25) is 0 Å². The predicted molar refractivity (Wildman–Crippen MR) is 112 cm³/mol. The molecule has 3 rings (SSSR count). The van der Waals surface area contributed by atoms with Crippen molar-refractivity contribution in [2.75, 3.05) is 18.4 Å². The molecule has 1 atom stereocenters. The van der Waals surface area contributed by atoms with Crippen LogP contribution in [0.4, 0.5) is 5.82 Å². The molecule has 0 radical (unpaired) electrons. The third-order valence-electron chi connectivity index (χ3n) is 4.00. The molecule has 2 aromatic rings. The average molecular weight is 432 g/mol. The Labute approximate surface area is 174 Å². The smallest absolute Gasteiger partial charge is 0.267 e. The second-order valence-corrected chi connectivity index (χ2v) is 6.97. The molecule has 0 aromatic carbocycles. The van der Waals surface area contributed by atoms with Gasteiger partial charge in [0.15, 0.2) is 0 Å². The molecule has 3 N–H and O–H groups in total. The highest BCUT2D eigenvalue weighted by atomic mass is 35.5. The van der Waals surface area contributed by atoms with Gasteiger partial charge in [-0.2, -0.15) is 0 Å². The van der Waals surface area contributed by atoms with E-state index < -0.39 is 5.91 Å². The Hall–Kier alpha value is -1.71. The Morgan fingerprint density at radius 2 is 2.22 bits per heavy atom. The van der Waals surface area contributed by atoms with Gasteiger partial charge in [0.1, 0.15) is 5.82 Å². The lowest BCUT2D eigenvalue weighted by molar-refractivity contribution is -0.124. The van der Waals surface area contributed by atoms with Crippen molar-refractivity contribution in [3.63, 3.8) is 0 Å². The van der Waals surface area contributed by atoms with Crippen molar-refractivity contribution in [1.82, 2.24) is 20.3 Å². The molecule has 1 aliphatic rings. The predicted octanol–water partition coefficient (Wildman–Crippen LogP) is 2.98. The van der Waals surface area contributed by atoms with Gasteiger partial charge in [0.2, 0.25) is 0 Å². The molecule has 1 saturated heterocycles. The van der Waals surface area contributed by atoms with E-state index in [1.807, 2.05) is 0 Å². The Balaban J connectivity index is 0.00000182. The molecule has 1 amide bonds. The maximum atomic E-state index is 10.9. The zero-order valence-corrected chi connectivity index (χ0v) is 17.0. The van der Waals surface area contributed by atoms with Crippen LogP contribution in [0.5, 0.6) is 0 Å². The van der Waals surface area contributed by atoms with E-state index in [-0.39, 0.29) is 24.8 Å². The van der Waals surface area contributed by atoms with E-state index in [1.165, 1.54) is 22.5 Å². The Morgan fingerprint density at radius 3 is 2.89 bits per heavy atom. The van der Waals surface area contributed by atoms with E-state index in [4.69, 9.17) is 5.21 Å². The number of piperidine rings is 1. The molecule has 0 saturated carbocycles. The van der Waals surface area contributed by atoms with Gasteiger partial charge in [-0.05, 0) is 36.9 Å². The van der Waals surface area contributed by atoms with Gasteiger partial charge in [-0.15, -0.1) is 36.2 Å². The number of amides is 1. The number of hydrogen-bond donors (Lipinski definition) is 3. The summed E-state index contributed by atoms with van der Waals surface area (Å²) in [6.07, 6.45) is 8.21. The van der Waals surface area contributed by atoms with E-state index in [9.17, 15) is 4.79 Å². The van der Waals surface area contributed by atoms with Crippen molar-refractivity contribution in [1.29, 1.82) is 0 Å². The van der Waals surface area contributed by atoms with Crippen LogP contribution in [0, 0.1) is 0 Å². The highest BCUT2D eigenvalue weighted by molar-refractivity contribution is 7.09. The number of thiophene rings is 1. The Bertz CT molecular complexity index is 713. The fourth-order valence-corrected chi connectivity index (χ4v) is 3.59. The van der Waals surface area contributed by atoms with Crippen molar-refractivity contribution in [2.45, 2.75) is 25.4 Å². The number of aromatic nitrogens is 2. The lowest BCUT2D eigenvalue weighted by Gasteiger charge is -2.33. The summed E-state index contributed by atoms with van der Waals surface area (Å²) in [4.78, 5) is 23.4. The van der Waals surface area contributed by atoms with Crippen LogP contribution in [-0.2, 0) is 11.3 Å². The molecule has 148 valence electrons. The number of anilines is 1. The SMILES string of the molecule is Cl.Cl.O=C(/C=C/c1cnc(N[C@@H]2CCCN(Cc3cccs3)C2)cn1)NO. The molecule has 0 aliphatic carbocycles. The number of carbonyl (C=O) groups excluding carboxylic acids is 1. The van der Waals surface area contributed by atoms with Gasteiger partial charge >= 0.3 is 0 Å². The van der Waals surface area contributed by atoms with E-state index >= 15 is 0 Å². The molecule has 10 heteroatoms. The van der Waals surface area contributed by atoms with E-state index in [2.05, 4.69) is 37.7 Å². The van der Waals surface area contributed by atoms with Gasteiger partial charge in [0.25, 0.3) is 5.91 Å². The summed E-state index contributed by atoms with van der Waals surface area (Å²) in [5, 5.41) is 14.0. The van der Waals surface area contributed by atoms with Crippen molar-refractivity contribution in [3.8, 4) is 0 Å². The quantitative estimate of drug-likeness (QED) is 0.370. The van der Waals surface area contributed by atoms with Crippen LogP contribution in [0.25, 0.3) is 6.08 Å². The summed E-state index contributed by atoms with van der Waals surface area (Å²) in [5.41, 5.74) is 2.08. The van der Waals surface area contributed by atoms with Crippen molar-refractivity contribution in [3.05, 3.63) is 46.6 Å². The molecule has 7 nitrogen and oxygen atoms in total. The fraction of sp³-hybridized carbons (Fsp3) is 0.353. The molecule has 1 fully saturated rings. The molecule has 0 spiro atoms. The van der Waals surface area contributed by atoms with Gasteiger partial charge in [0, 0.05) is 30.1 Å². The molecular formula is C17H23Cl2N5O2S. The minimum atomic E-state index is -0.600. The zero-order chi connectivity index (χ0) is 17.5. The first-order valence-electron chi connectivity index (χ1n) is 8.18. The zero-order valence-electron chi connectivity index (χ0n) is 14.6. The number of nitrogens with zero attached hydrogens (tertiary/aromatic N) is 3. The van der Waals surface area contributed by atoms with Crippen LogP contribution >= 0.6 is 36.2 Å². The number of carbonyl (C=O) groups is 1. The van der Waals surface area contributed by atoms with Crippen LogP contribution in [0.3, 0.4) is 0 Å². The van der Waals surface area contributed by atoms with E-state index in [0.29, 0.717) is 11.7 Å². The second-order valence-electron chi connectivity index (χ2n) is 5.93. The highest BCUT2D eigenvalue weighted by Gasteiger charge is 2.20. The number of halogens is 2. The molecule has 3 heterocycles. The molecule has 1 aliphatic heterocycles. The Morgan fingerprint density at radius 1 is 1.37 bits per heavy atom. The maximum Gasteiger partial charge on any atom is 0.267 e. The Kier molecular flexibility index (Phi) is 10.3. The van der Waals surface area contributed by atoms with Gasteiger partial charge in [-0.3, -0.25) is 19.9 Å². The monoisotopic (exact) mass is 431 g/mol. The molecule has 0 unspecified atom stereocenters. The van der Waals surface area contributed by atoms with Crippen molar-refractivity contribution < 1.29 is 10.0 Å². The topological polar surface area (TPSA) is 90.4 Å². The lowest BCUT2D eigenvalue weighted by atomic mass is 10.1. The second kappa shape index (κ2) is 11.9. The maximum absolute atomic E-state index is 10.9. The van der Waals surface area contributed by atoms with Crippen LogP contribution in [0.15, 0.2) is 36.0 Å². The first-order chi connectivity index (χ1) is 12.2. The number of nitrogens with one attached hydrogen (secondary N) is 2. The number of hydroxylamine groups is 1. The summed E-state index contributed by atoms with van der Waals surface area (Å²) in [7, 11) is 0. The lowest BCUT2D eigenvalue weighted by Crippen LogP contribution is -2.41. The van der Waals surface area contributed by atoms with Gasteiger partial charge in [-0.25, -0.2) is 10.5 Å². The summed E-state index contributed by atoms with van der Waals surface area (Å²) < 4.78 is 0. The standard InChI is InChI=1S/C17H21N5O2S.2ClH/c23-17(21-24)6-5-13-9-19-16(10-18-13)20-14-3-1-7-22(11-14)12-15-4-2-8-25-15;;/h2,4-6,8-10,14,24H,1,3,7,11-12H2,(H,19,20)(H,21,23);2*1H/b6-5+;;/t14-;;/m1../s1. The number of rotatable bonds is 6. The van der Waals surface area contributed by atoms with Crippen LogP contribution in [0.1, 0.15) is 23.4 Å². The first-order valence-corrected chi connectivity index (χ1v) is 9.06.